The maximum Gasteiger partial charge on any atom is 0.181 e. The van der Waals surface area contributed by atoms with Gasteiger partial charge in [0.15, 0.2) is 5.65 Å². The fourth-order valence-electron chi connectivity index (χ4n) is 1.94. The van der Waals surface area contributed by atoms with Crippen LogP contribution in [-0.4, -0.2) is 27.0 Å². The number of methoxy groups -OCH3 is 1. The number of ether oxygens (including phenoxy) is 1. The highest BCUT2D eigenvalue weighted by Gasteiger charge is 2.08. The average Bonchev–Trinajstić information content (AvgIpc) is 3.01. The summed E-state index contributed by atoms with van der Waals surface area (Å²) < 4.78 is 5.14. The van der Waals surface area contributed by atoms with Gasteiger partial charge in [0.2, 0.25) is 0 Å². The third kappa shape index (κ3) is 2.66. The maximum absolute atomic E-state index is 9.10. The molecule has 1 aromatic carbocycles. The fourth-order valence-corrected chi connectivity index (χ4v) is 2.84. The first-order valence-electron chi connectivity index (χ1n) is 6.15. The Bertz CT molecular complexity index is 824. The second-order valence-electron chi connectivity index (χ2n) is 4.22. The van der Waals surface area contributed by atoms with E-state index in [-0.39, 0.29) is 0 Å². The summed E-state index contributed by atoms with van der Waals surface area (Å²) in [6.07, 6.45) is 3.10. The van der Waals surface area contributed by atoms with E-state index in [0.717, 1.165) is 16.1 Å². The molecule has 0 saturated carbocycles. The molecule has 6 nitrogen and oxygen atoms in total. The molecule has 0 aliphatic rings. The number of H-pyrrole nitrogens is 1. The molecule has 1 N–H and O–H groups in total. The minimum Gasteiger partial charge on any atom is -0.495 e. The molecule has 3 rings (SSSR count). The number of aromatic amines is 1. The summed E-state index contributed by atoms with van der Waals surface area (Å²) in [5, 5.41) is 9.94. The molecule has 104 valence electrons. The molecule has 0 aliphatic heterocycles. The number of nitrogens with one attached hydrogen (secondary N) is 1. The predicted molar refractivity (Wildman–Crippen MR) is 79.0 cm³/mol. The van der Waals surface area contributed by atoms with Gasteiger partial charge in [0, 0.05) is 5.75 Å². The molecule has 0 amide bonds. The molecule has 0 bridgehead atoms. The number of hydrogen-bond acceptors (Lipinski definition) is 6. The van der Waals surface area contributed by atoms with Gasteiger partial charge in [0.1, 0.15) is 28.7 Å². The minimum atomic E-state index is 0.532. The van der Waals surface area contributed by atoms with Crippen molar-refractivity contribution in [3.05, 3.63) is 42.0 Å². The first-order valence-corrected chi connectivity index (χ1v) is 7.14. The van der Waals surface area contributed by atoms with Crippen LogP contribution in [0.3, 0.4) is 0 Å². The lowest BCUT2D eigenvalue weighted by atomic mass is 10.1. The van der Waals surface area contributed by atoms with Crippen molar-refractivity contribution in [2.75, 3.05) is 7.11 Å². The normalized spacial score (nSPS) is 10.5. The minimum absolute atomic E-state index is 0.532. The van der Waals surface area contributed by atoms with Crippen LogP contribution in [0, 0.1) is 11.3 Å². The summed E-state index contributed by atoms with van der Waals surface area (Å²) in [7, 11) is 1.56. The molecule has 0 atom stereocenters. The van der Waals surface area contributed by atoms with Crippen molar-refractivity contribution in [2.45, 2.75) is 10.8 Å². The zero-order valence-corrected chi connectivity index (χ0v) is 12.0. The first kappa shape index (κ1) is 13.4. The van der Waals surface area contributed by atoms with Crippen LogP contribution in [0.5, 0.6) is 5.75 Å². The molecule has 0 radical (unpaired) electrons. The number of aromatic nitrogens is 4. The summed E-state index contributed by atoms with van der Waals surface area (Å²) in [4.78, 5) is 15.5. The van der Waals surface area contributed by atoms with E-state index in [1.54, 1.807) is 31.3 Å². The zero-order valence-electron chi connectivity index (χ0n) is 11.2. The van der Waals surface area contributed by atoms with Crippen LogP contribution in [-0.2, 0) is 5.75 Å². The number of benzene rings is 1. The third-order valence-electron chi connectivity index (χ3n) is 2.95. The van der Waals surface area contributed by atoms with Crippen molar-refractivity contribution < 1.29 is 4.74 Å². The van der Waals surface area contributed by atoms with E-state index in [2.05, 4.69) is 26.0 Å². The van der Waals surface area contributed by atoms with Crippen LogP contribution in [0.15, 0.2) is 35.9 Å². The van der Waals surface area contributed by atoms with E-state index >= 15 is 0 Å². The van der Waals surface area contributed by atoms with Gasteiger partial charge in [-0.05, 0) is 17.7 Å². The van der Waals surface area contributed by atoms with Gasteiger partial charge in [-0.15, -0.1) is 0 Å². The molecule has 21 heavy (non-hydrogen) atoms. The first-order chi connectivity index (χ1) is 10.3. The molecular formula is C14H11N5OS. The number of hydrogen-bond donors (Lipinski definition) is 1. The molecule has 2 heterocycles. The van der Waals surface area contributed by atoms with E-state index < -0.39 is 0 Å². The van der Waals surface area contributed by atoms with E-state index in [4.69, 9.17) is 10.00 Å². The van der Waals surface area contributed by atoms with Gasteiger partial charge in [-0.25, -0.2) is 15.0 Å². The summed E-state index contributed by atoms with van der Waals surface area (Å²) in [6.45, 7) is 0. The SMILES string of the molecule is COc1ccc(CSc2ncnc3nc[nH]c23)cc1C#N. The second kappa shape index (κ2) is 5.81. The molecule has 2 aromatic heterocycles. The van der Waals surface area contributed by atoms with Crippen molar-refractivity contribution in [1.82, 2.24) is 19.9 Å². The number of rotatable bonds is 4. The van der Waals surface area contributed by atoms with Gasteiger partial charge in [-0.2, -0.15) is 5.26 Å². The quantitative estimate of drug-likeness (QED) is 0.588. The molecule has 3 aromatic rings. The van der Waals surface area contributed by atoms with Gasteiger partial charge < -0.3 is 9.72 Å². The molecule has 0 unspecified atom stereocenters. The fraction of sp³-hybridized carbons (Fsp3) is 0.143. The van der Waals surface area contributed by atoms with Crippen LogP contribution in [0.2, 0.25) is 0 Å². The Kier molecular flexibility index (Phi) is 3.71. The Balaban J connectivity index is 1.82. The largest absolute Gasteiger partial charge is 0.495 e. The Morgan fingerprint density at radius 3 is 3.05 bits per heavy atom. The molecule has 0 spiro atoms. The van der Waals surface area contributed by atoms with E-state index in [1.807, 2.05) is 12.1 Å². The van der Waals surface area contributed by atoms with Gasteiger partial charge in [-0.1, -0.05) is 17.8 Å². The van der Waals surface area contributed by atoms with Gasteiger partial charge in [0.05, 0.1) is 19.0 Å². The Morgan fingerprint density at radius 2 is 2.24 bits per heavy atom. The number of fused-ring (bicyclic) bond motifs is 1. The van der Waals surface area contributed by atoms with Gasteiger partial charge >= 0.3 is 0 Å². The molecule has 0 fully saturated rings. The lowest BCUT2D eigenvalue weighted by molar-refractivity contribution is 0.413. The average molecular weight is 297 g/mol. The topological polar surface area (TPSA) is 87.5 Å². The third-order valence-corrected chi connectivity index (χ3v) is 4.01. The zero-order chi connectivity index (χ0) is 14.7. The summed E-state index contributed by atoms with van der Waals surface area (Å²) in [6, 6.07) is 7.71. The van der Waals surface area contributed by atoms with Crippen LogP contribution in [0.1, 0.15) is 11.1 Å². The monoisotopic (exact) mass is 297 g/mol. The van der Waals surface area contributed by atoms with Crippen LogP contribution in [0.4, 0.5) is 0 Å². The van der Waals surface area contributed by atoms with E-state index in [9.17, 15) is 0 Å². The van der Waals surface area contributed by atoms with Crippen molar-refractivity contribution in [2.24, 2.45) is 0 Å². The highest BCUT2D eigenvalue weighted by molar-refractivity contribution is 7.98. The van der Waals surface area contributed by atoms with E-state index in [1.165, 1.54) is 6.33 Å². The maximum atomic E-state index is 9.10. The second-order valence-corrected chi connectivity index (χ2v) is 5.18. The Morgan fingerprint density at radius 1 is 1.33 bits per heavy atom. The Labute approximate surface area is 125 Å². The number of thioether (sulfide) groups is 1. The predicted octanol–water partition coefficient (Wildman–Crippen LogP) is 2.53. The van der Waals surface area contributed by atoms with Crippen molar-refractivity contribution in [3.8, 4) is 11.8 Å². The number of nitrogens with zero attached hydrogens (tertiary/aromatic N) is 4. The molecule has 7 heteroatoms. The van der Waals surface area contributed by atoms with E-state index in [0.29, 0.717) is 22.7 Å². The van der Waals surface area contributed by atoms with Gasteiger partial charge in [-0.3, -0.25) is 0 Å². The van der Waals surface area contributed by atoms with Crippen molar-refractivity contribution in [1.29, 1.82) is 5.26 Å². The highest BCUT2D eigenvalue weighted by Crippen LogP contribution is 2.27. The lowest BCUT2D eigenvalue weighted by Gasteiger charge is -2.06. The molecular weight excluding hydrogens is 286 g/mol. The number of imidazole rings is 1. The van der Waals surface area contributed by atoms with Crippen LogP contribution >= 0.6 is 11.8 Å². The smallest absolute Gasteiger partial charge is 0.181 e. The highest BCUT2D eigenvalue weighted by atomic mass is 32.2. The summed E-state index contributed by atoms with van der Waals surface area (Å²) in [5.74, 6) is 1.29. The summed E-state index contributed by atoms with van der Waals surface area (Å²) >= 11 is 1.57. The van der Waals surface area contributed by atoms with Gasteiger partial charge in [0.25, 0.3) is 0 Å². The number of nitriles is 1. The standard InChI is InChI=1S/C14H11N5OS/c1-20-11-3-2-9(4-10(11)5-15)6-21-14-12-13(17-7-16-12)18-8-19-14/h2-4,7-8H,6H2,1H3,(H,16,17,18,19). The van der Waals surface area contributed by atoms with Crippen molar-refractivity contribution in [3.63, 3.8) is 0 Å². The van der Waals surface area contributed by atoms with Crippen LogP contribution in [0.25, 0.3) is 11.2 Å². The van der Waals surface area contributed by atoms with Crippen LogP contribution < -0.4 is 4.74 Å². The lowest BCUT2D eigenvalue weighted by Crippen LogP contribution is -1.91. The summed E-state index contributed by atoms with van der Waals surface area (Å²) in [5.41, 5.74) is 3.05. The van der Waals surface area contributed by atoms with Crippen molar-refractivity contribution >= 4 is 22.9 Å². The molecule has 0 saturated heterocycles. The Hall–Kier alpha value is -2.59. The molecule has 0 aliphatic carbocycles.